The first kappa shape index (κ1) is 15.3. The average molecular weight is 311 g/mol. The summed E-state index contributed by atoms with van der Waals surface area (Å²) in [6, 6.07) is 4.12. The minimum absolute atomic E-state index is 0.0667. The number of H-pyrrole nitrogens is 2. The third kappa shape index (κ3) is 2.84. The van der Waals surface area contributed by atoms with Crippen LogP contribution in [0.2, 0.25) is 0 Å². The predicted molar refractivity (Wildman–Crippen MR) is 91.2 cm³/mol. The van der Waals surface area contributed by atoms with Crippen LogP contribution in [0.5, 0.6) is 0 Å². The van der Waals surface area contributed by atoms with Crippen molar-refractivity contribution in [2.75, 3.05) is 5.32 Å². The van der Waals surface area contributed by atoms with E-state index in [0.29, 0.717) is 17.2 Å². The lowest BCUT2D eigenvalue weighted by Crippen LogP contribution is -2.27. The normalized spacial score (nSPS) is 11.9. The van der Waals surface area contributed by atoms with Gasteiger partial charge in [0.25, 0.3) is 0 Å². The van der Waals surface area contributed by atoms with Gasteiger partial charge in [-0.2, -0.15) is 5.10 Å². The molecule has 2 heterocycles. The maximum absolute atomic E-state index is 12.2. The molecule has 120 valence electrons. The smallest absolute Gasteiger partial charge is 0.229 e. The van der Waals surface area contributed by atoms with E-state index in [1.807, 2.05) is 20.8 Å². The van der Waals surface area contributed by atoms with Gasteiger partial charge in [-0.1, -0.05) is 20.8 Å². The maximum atomic E-state index is 12.2. The summed E-state index contributed by atoms with van der Waals surface area (Å²) >= 11 is 0. The number of imidazole rings is 1. The zero-order valence-electron chi connectivity index (χ0n) is 14.0. The van der Waals surface area contributed by atoms with Crippen molar-refractivity contribution in [3.05, 3.63) is 29.5 Å². The number of rotatable bonds is 2. The molecule has 3 rings (SSSR count). The Labute approximate surface area is 134 Å². The first-order chi connectivity index (χ1) is 10.8. The summed E-state index contributed by atoms with van der Waals surface area (Å²) in [5, 5.41) is 9.85. The third-order valence-corrected chi connectivity index (χ3v) is 3.90. The van der Waals surface area contributed by atoms with Gasteiger partial charge >= 0.3 is 0 Å². The standard InChI is InChI=1S/C17H21N5O/c1-9-6-11-12(7-10(9)2)20-15(19-11)14-13(8-18-22-14)21-16(23)17(3,4)5/h6-8H,1-5H3,(H,18,22)(H,19,20)(H,21,23). The molecule has 0 aliphatic heterocycles. The van der Waals surface area contributed by atoms with E-state index in [0.717, 1.165) is 11.0 Å². The van der Waals surface area contributed by atoms with E-state index in [4.69, 9.17) is 0 Å². The fourth-order valence-corrected chi connectivity index (χ4v) is 2.26. The predicted octanol–water partition coefficient (Wildman–Crippen LogP) is 3.55. The summed E-state index contributed by atoms with van der Waals surface area (Å²) < 4.78 is 0. The number of carbonyl (C=O) groups is 1. The van der Waals surface area contributed by atoms with E-state index >= 15 is 0 Å². The SMILES string of the molecule is Cc1cc2nc(-c3[nH]ncc3NC(=O)C(C)(C)C)[nH]c2cc1C. The topological polar surface area (TPSA) is 86.5 Å². The molecule has 0 radical (unpaired) electrons. The van der Waals surface area contributed by atoms with Gasteiger partial charge in [0.15, 0.2) is 5.82 Å². The minimum Gasteiger partial charge on any atom is -0.337 e. The van der Waals surface area contributed by atoms with E-state index in [9.17, 15) is 4.79 Å². The van der Waals surface area contributed by atoms with Crippen molar-refractivity contribution in [3.8, 4) is 11.5 Å². The van der Waals surface area contributed by atoms with Crippen LogP contribution < -0.4 is 5.32 Å². The molecule has 1 amide bonds. The molecule has 0 unspecified atom stereocenters. The number of fused-ring (bicyclic) bond motifs is 1. The van der Waals surface area contributed by atoms with Gasteiger partial charge in [0.2, 0.25) is 5.91 Å². The monoisotopic (exact) mass is 311 g/mol. The summed E-state index contributed by atoms with van der Waals surface area (Å²) in [4.78, 5) is 20.1. The van der Waals surface area contributed by atoms with Crippen LogP contribution in [-0.4, -0.2) is 26.1 Å². The Morgan fingerprint density at radius 3 is 2.57 bits per heavy atom. The van der Waals surface area contributed by atoms with Crippen molar-refractivity contribution in [1.82, 2.24) is 20.2 Å². The average Bonchev–Trinajstić information content (AvgIpc) is 3.04. The van der Waals surface area contributed by atoms with E-state index < -0.39 is 5.41 Å². The van der Waals surface area contributed by atoms with Gasteiger partial charge in [0.05, 0.1) is 22.9 Å². The van der Waals surface area contributed by atoms with Crippen LogP contribution in [0.4, 0.5) is 5.69 Å². The molecule has 0 saturated heterocycles. The van der Waals surface area contributed by atoms with Crippen LogP contribution in [0.15, 0.2) is 18.3 Å². The Hall–Kier alpha value is -2.63. The Morgan fingerprint density at radius 2 is 1.87 bits per heavy atom. The summed E-state index contributed by atoms with van der Waals surface area (Å²) in [5.41, 5.74) is 5.08. The zero-order valence-corrected chi connectivity index (χ0v) is 14.0. The lowest BCUT2D eigenvalue weighted by atomic mass is 9.95. The Balaban J connectivity index is 2.00. The number of nitrogens with one attached hydrogen (secondary N) is 3. The molecule has 0 saturated carbocycles. The molecule has 6 nitrogen and oxygen atoms in total. The minimum atomic E-state index is -0.476. The first-order valence-electron chi connectivity index (χ1n) is 7.58. The molecule has 0 aliphatic rings. The van der Waals surface area contributed by atoms with Gasteiger partial charge < -0.3 is 10.3 Å². The van der Waals surface area contributed by atoms with E-state index in [2.05, 4.69) is 51.5 Å². The Morgan fingerprint density at radius 1 is 1.17 bits per heavy atom. The molecule has 0 atom stereocenters. The highest BCUT2D eigenvalue weighted by Crippen LogP contribution is 2.28. The molecular weight excluding hydrogens is 290 g/mol. The fourth-order valence-electron chi connectivity index (χ4n) is 2.26. The highest BCUT2D eigenvalue weighted by atomic mass is 16.2. The maximum Gasteiger partial charge on any atom is 0.229 e. The third-order valence-electron chi connectivity index (χ3n) is 3.90. The molecule has 6 heteroatoms. The largest absolute Gasteiger partial charge is 0.337 e. The van der Waals surface area contributed by atoms with Crippen molar-refractivity contribution in [3.63, 3.8) is 0 Å². The van der Waals surface area contributed by atoms with Crippen LogP contribution in [0.3, 0.4) is 0 Å². The van der Waals surface area contributed by atoms with Crippen molar-refractivity contribution < 1.29 is 4.79 Å². The number of benzene rings is 1. The van der Waals surface area contributed by atoms with Gasteiger partial charge in [0, 0.05) is 5.41 Å². The van der Waals surface area contributed by atoms with Gasteiger partial charge in [0.1, 0.15) is 5.69 Å². The molecule has 23 heavy (non-hydrogen) atoms. The lowest BCUT2D eigenvalue weighted by Gasteiger charge is -2.17. The van der Waals surface area contributed by atoms with E-state index in [1.165, 1.54) is 11.1 Å². The van der Waals surface area contributed by atoms with Crippen LogP contribution in [0, 0.1) is 19.3 Å². The highest BCUT2D eigenvalue weighted by Gasteiger charge is 2.23. The number of aromatic nitrogens is 4. The Kier molecular flexibility index (Phi) is 3.47. The van der Waals surface area contributed by atoms with E-state index in [-0.39, 0.29) is 5.91 Å². The number of aromatic amines is 2. The summed E-state index contributed by atoms with van der Waals surface area (Å²) in [5.74, 6) is 0.592. The quantitative estimate of drug-likeness (QED) is 0.676. The van der Waals surface area contributed by atoms with Crippen LogP contribution in [0.1, 0.15) is 31.9 Å². The molecule has 3 N–H and O–H groups in total. The molecule has 0 spiro atoms. The van der Waals surface area contributed by atoms with Crippen molar-refractivity contribution >= 4 is 22.6 Å². The Bertz CT molecular complexity index is 843. The number of hydrogen-bond donors (Lipinski definition) is 3. The highest BCUT2D eigenvalue weighted by molar-refractivity contribution is 5.97. The van der Waals surface area contributed by atoms with Gasteiger partial charge in [-0.15, -0.1) is 0 Å². The second-order valence-corrected chi connectivity index (χ2v) is 6.90. The summed E-state index contributed by atoms with van der Waals surface area (Å²) in [7, 11) is 0. The molecular formula is C17H21N5O. The van der Waals surface area contributed by atoms with E-state index in [1.54, 1.807) is 6.20 Å². The second-order valence-electron chi connectivity index (χ2n) is 6.90. The number of carbonyl (C=O) groups excluding carboxylic acids is 1. The summed E-state index contributed by atoms with van der Waals surface area (Å²) in [6.45, 7) is 9.74. The number of aryl methyl sites for hydroxylation is 2. The molecule has 0 fully saturated rings. The van der Waals surface area contributed by atoms with Crippen molar-refractivity contribution in [1.29, 1.82) is 0 Å². The second kappa shape index (κ2) is 5.22. The van der Waals surface area contributed by atoms with Gasteiger partial charge in [-0.05, 0) is 37.1 Å². The van der Waals surface area contributed by atoms with Gasteiger partial charge in [-0.3, -0.25) is 9.89 Å². The molecule has 3 aromatic rings. The van der Waals surface area contributed by atoms with Crippen LogP contribution in [0.25, 0.3) is 22.6 Å². The van der Waals surface area contributed by atoms with Crippen LogP contribution in [-0.2, 0) is 4.79 Å². The number of hydrogen-bond acceptors (Lipinski definition) is 3. The molecule has 1 aromatic carbocycles. The molecule has 2 aromatic heterocycles. The molecule has 0 bridgehead atoms. The van der Waals surface area contributed by atoms with Crippen molar-refractivity contribution in [2.24, 2.45) is 5.41 Å². The van der Waals surface area contributed by atoms with Gasteiger partial charge in [-0.25, -0.2) is 4.98 Å². The number of anilines is 1. The van der Waals surface area contributed by atoms with Crippen molar-refractivity contribution in [2.45, 2.75) is 34.6 Å². The molecule has 0 aliphatic carbocycles. The number of amides is 1. The lowest BCUT2D eigenvalue weighted by molar-refractivity contribution is -0.123. The summed E-state index contributed by atoms with van der Waals surface area (Å²) in [6.07, 6.45) is 1.60. The van der Waals surface area contributed by atoms with Crippen LogP contribution >= 0.6 is 0 Å². The number of nitrogens with zero attached hydrogens (tertiary/aromatic N) is 2. The fraction of sp³-hybridized carbons (Fsp3) is 0.353. The zero-order chi connectivity index (χ0) is 16.8. The first-order valence-corrected chi connectivity index (χ1v) is 7.58.